The summed E-state index contributed by atoms with van der Waals surface area (Å²) < 4.78 is 15.8. The topological polar surface area (TPSA) is 61.8 Å². The molecule has 0 heterocycles. The van der Waals surface area contributed by atoms with Crippen molar-refractivity contribution >= 4 is 27.9 Å². The number of halogens is 1. The molecule has 0 atom stereocenters. The van der Waals surface area contributed by atoms with Gasteiger partial charge in [0.1, 0.15) is 13.2 Å². The number of hydrogen-bond acceptors (Lipinski definition) is 5. The van der Waals surface area contributed by atoms with Crippen molar-refractivity contribution in [2.45, 2.75) is 33.6 Å². The highest BCUT2D eigenvalue weighted by molar-refractivity contribution is 9.11. The van der Waals surface area contributed by atoms with E-state index in [1.807, 2.05) is 0 Å². The number of carbonyl (C=O) groups is 2. The lowest BCUT2D eigenvalue weighted by molar-refractivity contribution is -0.171. The second kappa shape index (κ2) is 12.6. The average Bonchev–Trinajstić information content (AvgIpc) is 2.52. The summed E-state index contributed by atoms with van der Waals surface area (Å²) in [7, 11) is 0. The molecule has 0 amide bonds. The van der Waals surface area contributed by atoms with E-state index in [-0.39, 0.29) is 39.3 Å². The molecule has 0 spiro atoms. The molecule has 0 aliphatic heterocycles. The first kappa shape index (κ1) is 22.2. The third-order valence-electron chi connectivity index (χ3n) is 2.87. The summed E-state index contributed by atoms with van der Waals surface area (Å²) >= 11 is 3.20. The van der Waals surface area contributed by atoms with Gasteiger partial charge in [-0.25, -0.2) is 0 Å². The Hall–Kier alpha value is -1.76. The summed E-state index contributed by atoms with van der Waals surface area (Å²) in [4.78, 5) is 24.8. The molecule has 6 heteroatoms. The Morgan fingerprint density at radius 2 is 1.58 bits per heavy atom. The van der Waals surface area contributed by atoms with E-state index in [4.69, 9.17) is 14.2 Å². The van der Waals surface area contributed by atoms with Crippen LogP contribution in [0.3, 0.4) is 0 Å². The van der Waals surface area contributed by atoms with E-state index in [9.17, 15) is 9.59 Å². The summed E-state index contributed by atoms with van der Waals surface area (Å²) in [5.41, 5.74) is -1.54. The molecule has 0 N–H and O–H groups in total. The molecular weight excluding hydrogens is 376 g/mol. The lowest BCUT2D eigenvalue weighted by Crippen LogP contribution is -2.42. The lowest BCUT2D eigenvalue weighted by atomic mass is 9.81. The number of ether oxygens (including phenoxy) is 3. The third-order valence-corrected chi connectivity index (χ3v) is 3.15. The van der Waals surface area contributed by atoms with E-state index in [0.717, 1.165) is 0 Å². The molecule has 24 heavy (non-hydrogen) atoms. The van der Waals surface area contributed by atoms with Gasteiger partial charge >= 0.3 is 11.9 Å². The van der Waals surface area contributed by atoms with Crippen molar-refractivity contribution in [1.82, 2.24) is 0 Å². The Balaban J connectivity index is 5.28. The molecular formula is C18H23BrO5. The maximum atomic E-state index is 12.4. The van der Waals surface area contributed by atoms with Crippen molar-refractivity contribution in [2.75, 3.05) is 26.4 Å². The molecule has 0 rings (SSSR count). The minimum absolute atomic E-state index is 0.0432. The van der Waals surface area contributed by atoms with Crippen LogP contribution in [0.2, 0.25) is 0 Å². The molecule has 5 nitrogen and oxygen atoms in total. The molecule has 132 valence electrons. The molecule has 0 aliphatic rings. The summed E-state index contributed by atoms with van der Waals surface area (Å²) in [5.74, 6) is 9.67. The Morgan fingerprint density at radius 1 is 1.04 bits per heavy atom. The van der Waals surface area contributed by atoms with Crippen LogP contribution in [0.4, 0.5) is 0 Å². The zero-order valence-corrected chi connectivity index (χ0v) is 16.0. The van der Waals surface area contributed by atoms with Crippen LogP contribution in [0.25, 0.3) is 0 Å². The average molecular weight is 399 g/mol. The summed E-state index contributed by atoms with van der Waals surface area (Å²) in [5, 5.41) is 0. The van der Waals surface area contributed by atoms with Crippen LogP contribution in [-0.4, -0.2) is 38.4 Å². The van der Waals surface area contributed by atoms with Crippen molar-refractivity contribution in [2.24, 2.45) is 5.41 Å². The normalized spacial score (nSPS) is 9.83. The van der Waals surface area contributed by atoms with Crippen LogP contribution in [-0.2, 0) is 23.8 Å². The fraction of sp³-hybridized carbons (Fsp3) is 0.556. The van der Waals surface area contributed by atoms with Gasteiger partial charge in [-0.05, 0) is 25.3 Å². The standard InChI is InChI=1S/C18H23BrO5/c1-5-8-12-22-13-10-9-11-18(14-15(4)19,16(20)23-6-2)17(21)24-7-3/h4,6-7,11-14H2,1-3H3. The molecule has 0 saturated carbocycles. The summed E-state index contributed by atoms with van der Waals surface area (Å²) in [6, 6.07) is 0. The van der Waals surface area contributed by atoms with E-state index in [1.165, 1.54) is 0 Å². The van der Waals surface area contributed by atoms with Crippen molar-refractivity contribution in [3.8, 4) is 23.7 Å². The zero-order chi connectivity index (χ0) is 18.4. The highest BCUT2D eigenvalue weighted by atomic mass is 79.9. The van der Waals surface area contributed by atoms with Crippen LogP contribution >= 0.6 is 15.9 Å². The maximum Gasteiger partial charge on any atom is 0.324 e. The fourth-order valence-electron chi connectivity index (χ4n) is 1.79. The van der Waals surface area contributed by atoms with E-state index in [2.05, 4.69) is 46.2 Å². The quantitative estimate of drug-likeness (QED) is 0.258. The monoisotopic (exact) mass is 398 g/mol. The van der Waals surface area contributed by atoms with Gasteiger partial charge in [-0.15, -0.1) is 5.92 Å². The van der Waals surface area contributed by atoms with Crippen molar-refractivity contribution in [3.63, 3.8) is 0 Å². The Kier molecular flexibility index (Phi) is 11.7. The van der Waals surface area contributed by atoms with Gasteiger partial charge in [-0.3, -0.25) is 9.59 Å². The SMILES string of the molecule is C=C(Br)CC(CC#CCOCC#CC)(C(=O)OCC)C(=O)OCC. The van der Waals surface area contributed by atoms with Gasteiger partial charge in [0.05, 0.1) is 13.2 Å². The molecule has 0 radical (unpaired) electrons. The predicted molar refractivity (Wildman–Crippen MR) is 95.0 cm³/mol. The Bertz CT molecular complexity index is 541. The maximum absolute atomic E-state index is 12.4. The molecule has 0 bridgehead atoms. The lowest BCUT2D eigenvalue weighted by Gasteiger charge is -2.27. The minimum atomic E-state index is -1.54. The van der Waals surface area contributed by atoms with Gasteiger partial charge in [-0.1, -0.05) is 40.3 Å². The van der Waals surface area contributed by atoms with Crippen molar-refractivity contribution in [1.29, 1.82) is 0 Å². The van der Waals surface area contributed by atoms with Crippen molar-refractivity contribution in [3.05, 3.63) is 11.1 Å². The van der Waals surface area contributed by atoms with Gasteiger partial charge in [0.2, 0.25) is 0 Å². The highest BCUT2D eigenvalue weighted by Crippen LogP contribution is 2.35. The zero-order valence-electron chi connectivity index (χ0n) is 14.4. The summed E-state index contributed by atoms with van der Waals surface area (Å²) in [6.45, 7) is 9.52. The third kappa shape index (κ3) is 7.68. The minimum Gasteiger partial charge on any atom is -0.465 e. The molecule has 0 aromatic carbocycles. The largest absolute Gasteiger partial charge is 0.465 e. The smallest absolute Gasteiger partial charge is 0.324 e. The van der Waals surface area contributed by atoms with E-state index < -0.39 is 17.4 Å². The van der Waals surface area contributed by atoms with Crippen LogP contribution in [0.5, 0.6) is 0 Å². The number of carbonyl (C=O) groups excluding carboxylic acids is 2. The van der Waals surface area contributed by atoms with Crippen LogP contribution < -0.4 is 0 Å². The molecule has 0 unspecified atom stereocenters. The van der Waals surface area contributed by atoms with Crippen LogP contribution in [0.15, 0.2) is 11.1 Å². The second-order valence-corrected chi connectivity index (χ2v) is 5.79. The Morgan fingerprint density at radius 3 is 2.04 bits per heavy atom. The van der Waals surface area contributed by atoms with Gasteiger partial charge < -0.3 is 14.2 Å². The molecule has 0 aliphatic carbocycles. The van der Waals surface area contributed by atoms with Crippen molar-refractivity contribution < 1.29 is 23.8 Å². The molecule has 0 fully saturated rings. The van der Waals surface area contributed by atoms with E-state index in [0.29, 0.717) is 4.48 Å². The first-order valence-corrected chi connectivity index (χ1v) is 8.34. The highest BCUT2D eigenvalue weighted by Gasteiger charge is 2.48. The number of hydrogen-bond donors (Lipinski definition) is 0. The summed E-state index contributed by atoms with van der Waals surface area (Å²) in [6.07, 6.45) is -0.000380. The number of rotatable bonds is 9. The Labute approximate surface area is 152 Å². The van der Waals surface area contributed by atoms with E-state index in [1.54, 1.807) is 20.8 Å². The van der Waals surface area contributed by atoms with Gasteiger partial charge in [-0.2, -0.15) is 0 Å². The van der Waals surface area contributed by atoms with Gasteiger partial charge in [0, 0.05) is 12.8 Å². The molecule has 0 saturated heterocycles. The van der Waals surface area contributed by atoms with E-state index >= 15 is 0 Å². The number of allylic oxidation sites excluding steroid dienone is 1. The first-order valence-electron chi connectivity index (χ1n) is 7.55. The first-order chi connectivity index (χ1) is 11.4. The molecule has 0 aromatic heterocycles. The van der Waals surface area contributed by atoms with Crippen LogP contribution in [0, 0.1) is 29.1 Å². The van der Waals surface area contributed by atoms with Crippen LogP contribution in [0.1, 0.15) is 33.6 Å². The second-order valence-electron chi connectivity index (χ2n) is 4.67. The molecule has 0 aromatic rings. The van der Waals surface area contributed by atoms with Gasteiger partial charge in [0.15, 0.2) is 5.41 Å². The number of esters is 2. The fourth-order valence-corrected chi connectivity index (χ4v) is 2.27. The predicted octanol–water partition coefficient (Wildman–Crippen LogP) is 2.83. The van der Waals surface area contributed by atoms with Gasteiger partial charge in [0.25, 0.3) is 0 Å².